The second kappa shape index (κ2) is 6.24. The lowest BCUT2D eigenvalue weighted by molar-refractivity contribution is -0.168. The molecule has 5 nitrogen and oxygen atoms in total. The zero-order chi connectivity index (χ0) is 15.6. The maximum absolute atomic E-state index is 12.0. The minimum atomic E-state index is -0.127. The molecule has 1 aromatic rings. The normalized spacial score (nSPS) is 22.9. The molecule has 1 aromatic heterocycles. The van der Waals surface area contributed by atoms with Crippen LogP contribution >= 0.6 is 0 Å². The number of hydrogen-bond acceptors (Lipinski definition) is 4. The standard InChI is InChI=1S/C17H24N2O3/c1-13(2)16(20)19-11-17(12-19)14(7-10-22-17)6-9-21-15-5-3-4-8-18-15/h3-5,8,13-14H,6-7,9-12H2,1-2H3/t14-/m1/s1. The summed E-state index contributed by atoms with van der Waals surface area (Å²) in [6, 6.07) is 5.67. The van der Waals surface area contributed by atoms with Crippen LogP contribution in [0.25, 0.3) is 0 Å². The van der Waals surface area contributed by atoms with E-state index < -0.39 is 0 Å². The van der Waals surface area contributed by atoms with E-state index in [1.807, 2.05) is 36.9 Å². The quantitative estimate of drug-likeness (QED) is 0.836. The van der Waals surface area contributed by atoms with Gasteiger partial charge >= 0.3 is 0 Å². The molecule has 2 aliphatic heterocycles. The molecule has 3 heterocycles. The van der Waals surface area contributed by atoms with Crippen molar-refractivity contribution in [2.24, 2.45) is 11.8 Å². The van der Waals surface area contributed by atoms with Crippen molar-refractivity contribution in [3.63, 3.8) is 0 Å². The number of likely N-dealkylation sites (tertiary alicyclic amines) is 1. The van der Waals surface area contributed by atoms with Gasteiger partial charge in [-0.3, -0.25) is 4.79 Å². The maximum atomic E-state index is 12.0. The molecule has 0 N–H and O–H groups in total. The van der Waals surface area contributed by atoms with Crippen molar-refractivity contribution in [3.8, 4) is 5.88 Å². The van der Waals surface area contributed by atoms with Crippen LogP contribution in [-0.2, 0) is 9.53 Å². The predicted octanol–water partition coefficient (Wildman–Crippen LogP) is 2.12. The highest BCUT2D eigenvalue weighted by Gasteiger charge is 2.54. The third-order valence-corrected chi connectivity index (χ3v) is 4.68. The molecule has 1 spiro atoms. The number of nitrogens with zero attached hydrogens (tertiary/aromatic N) is 2. The highest BCUT2D eigenvalue weighted by molar-refractivity contribution is 5.79. The summed E-state index contributed by atoms with van der Waals surface area (Å²) < 4.78 is 11.7. The van der Waals surface area contributed by atoms with E-state index in [-0.39, 0.29) is 17.4 Å². The molecule has 0 radical (unpaired) electrons. The van der Waals surface area contributed by atoms with Gasteiger partial charge in [0.1, 0.15) is 5.60 Å². The lowest BCUT2D eigenvalue weighted by atomic mass is 9.78. The van der Waals surface area contributed by atoms with Crippen molar-refractivity contribution in [1.82, 2.24) is 9.88 Å². The Kier molecular flexibility index (Phi) is 4.34. The van der Waals surface area contributed by atoms with E-state index >= 15 is 0 Å². The summed E-state index contributed by atoms with van der Waals surface area (Å²) in [5.74, 6) is 1.42. The van der Waals surface area contributed by atoms with Crippen molar-refractivity contribution in [2.75, 3.05) is 26.3 Å². The number of carbonyl (C=O) groups is 1. The molecule has 2 fully saturated rings. The Hall–Kier alpha value is -1.62. The number of carbonyl (C=O) groups excluding carboxylic acids is 1. The topological polar surface area (TPSA) is 51.7 Å². The minimum Gasteiger partial charge on any atom is -0.478 e. The molecular weight excluding hydrogens is 280 g/mol. The average Bonchev–Trinajstić information content (AvgIpc) is 2.90. The van der Waals surface area contributed by atoms with E-state index in [9.17, 15) is 4.79 Å². The number of amides is 1. The first-order valence-electron chi connectivity index (χ1n) is 8.07. The second-order valence-electron chi connectivity index (χ2n) is 6.55. The number of aromatic nitrogens is 1. The van der Waals surface area contributed by atoms with Crippen LogP contribution in [0.2, 0.25) is 0 Å². The van der Waals surface area contributed by atoms with E-state index in [1.54, 1.807) is 6.20 Å². The molecule has 0 aliphatic carbocycles. The van der Waals surface area contributed by atoms with E-state index in [0.717, 1.165) is 32.5 Å². The number of ether oxygens (including phenoxy) is 2. The molecule has 22 heavy (non-hydrogen) atoms. The third kappa shape index (κ3) is 2.95. The molecule has 0 bridgehead atoms. The Balaban J connectivity index is 1.49. The molecule has 2 saturated heterocycles. The van der Waals surface area contributed by atoms with Gasteiger partial charge in [0.05, 0.1) is 19.7 Å². The summed E-state index contributed by atoms with van der Waals surface area (Å²) in [4.78, 5) is 18.1. The SMILES string of the molecule is CC(C)C(=O)N1CC2(C1)OCC[C@H]2CCOc1ccccn1. The van der Waals surface area contributed by atoms with Gasteiger partial charge in [-0.05, 0) is 24.8 Å². The van der Waals surface area contributed by atoms with Crippen molar-refractivity contribution in [3.05, 3.63) is 24.4 Å². The number of hydrogen-bond donors (Lipinski definition) is 0. The Bertz CT molecular complexity index is 512. The van der Waals surface area contributed by atoms with Crippen LogP contribution in [0.5, 0.6) is 5.88 Å². The lowest BCUT2D eigenvalue weighted by Gasteiger charge is -2.50. The largest absolute Gasteiger partial charge is 0.478 e. The molecule has 1 atom stereocenters. The first kappa shape index (κ1) is 15.3. The number of pyridine rings is 1. The molecule has 5 heteroatoms. The van der Waals surface area contributed by atoms with E-state index in [0.29, 0.717) is 18.4 Å². The molecule has 1 amide bonds. The van der Waals surface area contributed by atoms with Crippen LogP contribution in [0.3, 0.4) is 0 Å². The smallest absolute Gasteiger partial charge is 0.225 e. The minimum absolute atomic E-state index is 0.0599. The average molecular weight is 304 g/mol. The van der Waals surface area contributed by atoms with Gasteiger partial charge in [0.2, 0.25) is 11.8 Å². The van der Waals surface area contributed by atoms with Crippen molar-refractivity contribution in [2.45, 2.75) is 32.3 Å². The molecular formula is C17H24N2O3. The van der Waals surface area contributed by atoms with E-state index in [4.69, 9.17) is 9.47 Å². The van der Waals surface area contributed by atoms with Crippen LogP contribution in [0.15, 0.2) is 24.4 Å². The predicted molar refractivity (Wildman–Crippen MR) is 82.6 cm³/mol. The Morgan fingerprint density at radius 2 is 2.32 bits per heavy atom. The Morgan fingerprint density at radius 1 is 1.50 bits per heavy atom. The van der Waals surface area contributed by atoms with Crippen molar-refractivity contribution < 1.29 is 14.3 Å². The lowest BCUT2D eigenvalue weighted by Crippen LogP contribution is -2.66. The van der Waals surface area contributed by atoms with Gasteiger partial charge in [-0.1, -0.05) is 19.9 Å². The fraction of sp³-hybridized carbons (Fsp3) is 0.647. The summed E-state index contributed by atoms with van der Waals surface area (Å²) in [5.41, 5.74) is -0.127. The van der Waals surface area contributed by atoms with E-state index in [2.05, 4.69) is 4.98 Å². The fourth-order valence-electron chi connectivity index (χ4n) is 3.40. The van der Waals surface area contributed by atoms with Crippen LogP contribution in [-0.4, -0.2) is 47.7 Å². The van der Waals surface area contributed by atoms with Gasteiger partial charge in [-0.25, -0.2) is 4.98 Å². The highest BCUT2D eigenvalue weighted by Crippen LogP contribution is 2.42. The van der Waals surface area contributed by atoms with Gasteiger partial charge in [0.25, 0.3) is 0 Å². The van der Waals surface area contributed by atoms with Crippen molar-refractivity contribution in [1.29, 1.82) is 0 Å². The highest BCUT2D eigenvalue weighted by atomic mass is 16.5. The summed E-state index contributed by atoms with van der Waals surface area (Å²) in [7, 11) is 0. The van der Waals surface area contributed by atoms with Crippen LogP contribution in [0.4, 0.5) is 0 Å². The van der Waals surface area contributed by atoms with Gasteiger partial charge < -0.3 is 14.4 Å². The van der Waals surface area contributed by atoms with Crippen LogP contribution < -0.4 is 4.74 Å². The first-order valence-corrected chi connectivity index (χ1v) is 8.07. The molecule has 2 aliphatic rings. The summed E-state index contributed by atoms with van der Waals surface area (Å²) in [6.45, 7) is 6.79. The zero-order valence-corrected chi connectivity index (χ0v) is 13.3. The molecule has 0 saturated carbocycles. The molecule has 120 valence electrons. The van der Waals surface area contributed by atoms with Gasteiger partial charge in [0, 0.05) is 24.8 Å². The maximum Gasteiger partial charge on any atom is 0.225 e. The van der Waals surface area contributed by atoms with Gasteiger partial charge in [-0.2, -0.15) is 0 Å². The zero-order valence-electron chi connectivity index (χ0n) is 13.3. The Morgan fingerprint density at radius 3 is 3.00 bits per heavy atom. The fourth-order valence-corrected chi connectivity index (χ4v) is 3.40. The Labute approximate surface area is 131 Å². The monoisotopic (exact) mass is 304 g/mol. The third-order valence-electron chi connectivity index (χ3n) is 4.68. The second-order valence-corrected chi connectivity index (χ2v) is 6.55. The van der Waals surface area contributed by atoms with Crippen molar-refractivity contribution >= 4 is 5.91 Å². The van der Waals surface area contributed by atoms with Gasteiger partial charge in [0.15, 0.2) is 0 Å². The summed E-state index contributed by atoms with van der Waals surface area (Å²) in [5, 5.41) is 0. The van der Waals surface area contributed by atoms with Gasteiger partial charge in [-0.15, -0.1) is 0 Å². The van der Waals surface area contributed by atoms with E-state index in [1.165, 1.54) is 0 Å². The summed E-state index contributed by atoms with van der Waals surface area (Å²) >= 11 is 0. The van der Waals surface area contributed by atoms with Crippen LogP contribution in [0, 0.1) is 11.8 Å². The number of rotatable bonds is 5. The van der Waals surface area contributed by atoms with Crippen LogP contribution in [0.1, 0.15) is 26.7 Å². The first-order chi connectivity index (χ1) is 10.6. The molecule has 0 unspecified atom stereocenters. The molecule has 3 rings (SSSR count). The molecule has 0 aromatic carbocycles. The summed E-state index contributed by atoms with van der Waals surface area (Å²) in [6.07, 6.45) is 3.73.